The summed E-state index contributed by atoms with van der Waals surface area (Å²) in [5.41, 5.74) is 0. The van der Waals surface area contributed by atoms with Gasteiger partial charge in [-0.15, -0.1) is 0 Å². The van der Waals surface area contributed by atoms with Crippen molar-refractivity contribution < 1.29 is 58.6 Å². The van der Waals surface area contributed by atoms with Crippen molar-refractivity contribution in [2.24, 2.45) is 5.92 Å². The Balaban J connectivity index is 0.00000139. The first-order chi connectivity index (χ1) is 13.8. The van der Waals surface area contributed by atoms with E-state index in [1.165, 1.54) is 13.5 Å². The van der Waals surface area contributed by atoms with Crippen molar-refractivity contribution in [2.75, 3.05) is 26.9 Å². The Morgan fingerprint density at radius 1 is 1.10 bits per heavy atom. The number of allylic oxidation sites excluding steroid dienone is 1. The number of hydrogen-bond donors (Lipinski definition) is 3. The smallest absolute Gasteiger partial charge is 0.378 e. The molecule has 13 heteroatoms. The zero-order valence-electron chi connectivity index (χ0n) is 17.1. The molecule has 0 radical (unpaired) electrons. The van der Waals surface area contributed by atoms with E-state index in [0.717, 1.165) is 32.1 Å². The van der Waals surface area contributed by atoms with Crippen molar-refractivity contribution in [1.82, 2.24) is 0 Å². The average Bonchev–Trinajstić information content (AvgIpc) is 2.66. The molecule has 1 saturated carbocycles. The van der Waals surface area contributed by atoms with E-state index in [1.807, 2.05) is 19.9 Å². The highest BCUT2D eigenvalue weighted by molar-refractivity contribution is 7.45. The second-order valence-electron chi connectivity index (χ2n) is 6.14. The van der Waals surface area contributed by atoms with Crippen molar-refractivity contribution >= 4 is 7.82 Å². The summed E-state index contributed by atoms with van der Waals surface area (Å²) in [6.07, 6.45) is 8.39. The summed E-state index contributed by atoms with van der Waals surface area (Å²) in [5, 5.41) is 13.6. The molecule has 0 aromatic rings. The Morgan fingerprint density at radius 3 is 2.34 bits per heavy atom. The van der Waals surface area contributed by atoms with Gasteiger partial charge in [-0.3, -0.25) is 0 Å². The quantitative estimate of drug-likeness (QED) is 0.118. The van der Waals surface area contributed by atoms with Gasteiger partial charge in [-0.05, 0) is 40.5 Å². The molecule has 0 aromatic carbocycles. The third-order valence-electron chi connectivity index (χ3n) is 3.57. The molecule has 1 aliphatic rings. The molecule has 0 spiro atoms. The molecule has 174 valence electrons. The minimum absolute atomic E-state index is 0.0203. The van der Waals surface area contributed by atoms with E-state index in [2.05, 4.69) is 20.0 Å². The molecule has 1 unspecified atom stereocenters. The van der Waals surface area contributed by atoms with Crippen LogP contribution in [0.2, 0.25) is 0 Å². The van der Waals surface area contributed by atoms with Gasteiger partial charge in [0.25, 0.3) is 0 Å². The maximum Gasteiger partial charge on any atom is 0.466 e. The van der Waals surface area contributed by atoms with Gasteiger partial charge < -0.3 is 24.3 Å². The Hall–Kier alpha value is -0.630. The molecule has 0 saturated heterocycles. The van der Waals surface area contributed by atoms with E-state index in [-0.39, 0.29) is 18.6 Å². The monoisotopic (exact) mass is 448 g/mol. The lowest BCUT2D eigenvalue weighted by Crippen LogP contribution is -2.18. The lowest BCUT2D eigenvalue weighted by atomic mass is 9.98. The molecule has 1 rings (SSSR count). The highest BCUT2D eigenvalue weighted by Gasteiger charge is 2.15. The average molecular weight is 448 g/mol. The first-order valence-corrected chi connectivity index (χ1v) is 10.9. The van der Waals surface area contributed by atoms with Gasteiger partial charge >= 0.3 is 7.82 Å². The zero-order valence-corrected chi connectivity index (χ0v) is 18.0. The zero-order chi connectivity index (χ0) is 22.0. The summed E-state index contributed by atoms with van der Waals surface area (Å²) < 4.78 is 14.4. The standard InChI is InChI=1S/C16H30O8.H3O4P/c1-4-8-16(21-22-17-3)14(2)13-18-11-12-19-23-24-20-15-9-6-5-7-10-15;1-5(2,3)4/h8,14-15H,4-7,9-13H2,1-3H3;(H3,1,2,3,4). The van der Waals surface area contributed by atoms with Crippen molar-refractivity contribution in [3.8, 4) is 0 Å². The molecule has 1 atom stereocenters. The maximum atomic E-state index is 8.88. The van der Waals surface area contributed by atoms with Gasteiger partial charge in [0.05, 0.1) is 26.4 Å². The molecule has 12 nitrogen and oxygen atoms in total. The number of hydrogen-bond acceptors (Lipinski definition) is 9. The first-order valence-electron chi connectivity index (χ1n) is 9.32. The normalized spacial score (nSPS) is 16.8. The Bertz CT molecular complexity index is 441. The second kappa shape index (κ2) is 18.2. The molecular formula is C16H33O12P. The van der Waals surface area contributed by atoms with Gasteiger partial charge in [0.2, 0.25) is 0 Å². The Kier molecular flexibility index (Phi) is 17.8. The molecule has 0 bridgehead atoms. The lowest BCUT2D eigenvalue weighted by Gasteiger charge is -2.19. The molecule has 0 heterocycles. The molecular weight excluding hydrogens is 415 g/mol. The predicted octanol–water partition coefficient (Wildman–Crippen LogP) is 2.66. The van der Waals surface area contributed by atoms with E-state index in [9.17, 15) is 0 Å². The SMILES string of the molecule is CCC=C(OOOC)C(C)COCCOOOOC1CCCCC1.O=P(O)(O)O. The Labute approximate surface area is 170 Å². The van der Waals surface area contributed by atoms with Crippen LogP contribution in [0.15, 0.2) is 11.8 Å². The molecule has 3 N–H and O–H groups in total. The van der Waals surface area contributed by atoms with Gasteiger partial charge in [0, 0.05) is 5.92 Å². The summed E-state index contributed by atoms with van der Waals surface area (Å²) in [6, 6.07) is 0. The van der Waals surface area contributed by atoms with Crippen LogP contribution in [0.1, 0.15) is 52.4 Å². The van der Waals surface area contributed by atoms with Gasteiger partial charge in [-0.2, -0.15) is 4.89 Å². The van der Waals surface area contributed by atoms with Crippen molar-refractivity contribution in [1.29, 1.82) is 0 Å². The summed E-state index contributed by atoms with van der Waals surface area (Å²) >= 11 is 0. The van der Waals surface area contributed by atoms with Crippen molar-refractivity contribution in [3.05, 3.63) is 11.8 Å². The van der Waals surface area contributed by atoms with Crippen LogP contribution >= 0.6 is 7.82 Å². The summed E-state index contributed by atoms with van der Waals surface area (Å²) in [7, 11) is -3.26. The van der Waals surface area contributed by atoms with E-state index >= 15 is 0 Å². The van der Waals surface area contributed by atoms with Crippen molar-refractivity contribution in [3.63, 3.8) is 0 Å². The van der Waals surface area contributed by atoms with E-state index < -0.39 is 7.82 Å². The van der Waals surface area contributed by atoms with Crippen LogP contribution in [-0.2, 0) is 44.0 Å². The second-order valence-corrected chi connectivity index (χ2v) is 7.16. The first kappa shape index (κ1) is 28.4. The van der Waals surface area contributed by atoms with Crippen molar-refractivity contribution in [2.45, 2.75) is 58.5 Å². The number of phosphoric acid groups is 1. The van der Waals surface area contributed by atoms with Crippen LogP contribution in [0.5, 0.6) is 0 Å². The topological polar surface area (TPSA) is 152 Å². The van der Waals surface area contributed by atoms with Gasteiger partial charge in [-0.25, -0.2) is 14.3 Å². The van der Waals surface area contributed by atoms with Crippen LogP contribution in [0.3, 0.4) is 0 Å². The predicted molar refractivity (Wildman–Crippen MR) is 97.9 cm³/mol. The fraction of sp³-hybridized carbons (Fsp3) is 0.875. The highest BCUT2D eigenvalue weighted by Crippen LogP contribution is 2.25. The number of rotatable bonds is 14. The number of ether oxygens (including phenoxy) is 1. The minimum atomic E-state index is -4.64. The largest absolute Gasteiger partial charge is 0.466 e. The summed E-state index contributed by atoms with van der Waals surface area (Å²) in [4.78, 5) is 40.9. The fourth-order valence-electron chi connectivity index (χ4n) is 2.31. The fourth-order valence-corrected chi connectivity index (χ4v) is 2.31. The molecule has 1 fully saturated rings. The van der Waals surface area contributed by atoms with E-state index in [0.29, 0.717) is 19.0 Å². The van der Waals surface area contributed by atoms with Gasteiger partial charge in [-0.1, -0.05) is 33.1 Å². The Morgan fingerprint density at radius 2 is 1.76 bits per heavy atom. The highest BCUT2D eigenvalue weighted by atomic mass is 31.2. The molecule has 0 amide bonds. The van der Waals surface area contributed by atoms with Crippen LogP contribution in [0.25, 0.3) is 0 Å². The van der Waals surface area contributed by atoms with Crippen LogP contribution in [0, 0.1) is 5.92 Å². The van der Waals surface area contributed by atoms with Gasteiger partial charge in [0.15, 0.2) is 0 Å². The molecule has 0 aromatic heterocycles. The van der Waals surface area contributed by atoms with Crippen LogP contribution in [0.4, 0.5) is 0 Å². The van der Waals surface area contributed by atoms with E-state index in [1.54, 1.807) is 0 Å². The third kappa shape index (κ3) is 20.4. The maximum absolute atomic E-state index is 8.88. The lowest BCUT2D eigenvalue weighted by molar-refractivity contribution is -0.642. The summed E-state index contributed by atoms with van der Waals surface area (Å²) in [5.74, 6) is 0.674. The van der Waals surface area contributed by atoms with Crippen LogP contribution in [-0.4, -0.2) is 47.7 Å². The molecule has 29 heavy (non-hydrogen) atoms. The molecule has 1 aliphatic carbocycles. The van der Waals surface area contributed by atoms with E-state index in [4.69, 9.17) is 38.6 Å². The summed E-state index contributed by atoms with van der Waals surface area (Å²) in [6.45, 7) is 4.98. The minimum Gasteiger partial charge on any atom is -0.378 e. The third-order valence-corrected chi connectivity index (χ3v) is 3.57. The van der Waals surface area contributed by atoms with Crippen LogP contribution < -0.4 is 0 Å². The molecule has 0 aliphatic heterocycles. The van der Waals surface area contributed by atoms with Gasteiger partial charge in [0.1, 0.15) is 12.4 Å².